The molecule has 0 amide bonds. The van der Waals surface area contributed by atoms with E-state index in [-0.39, 0.29) is 0 Å². The highest BCUT2D eigenvalue weighted by atomic mass is 16.5. The zero-order chi connectivity index (χ0) is 12.8. The number of nitrogens with one attached hydrogen (secondary N) is 1. The van der Waals surface area contributed by atoms with Crippen LogP contribution in [0.3, 0.4) is 0 Å². The molecule has 0 fully saturated rings. The van der Waals surface area contributed by atoms with E-state index in [9.17, 15) is 0 Å². The summed E-state index contributed by atoms with van der Waals surface area (Å²) in [5.41, 5.74) is 3.49. The highest BCUT2D eigenvalue weighted by molar-refractivity contribution is 5.68. The number of aromatic nitrogens is 1. The standard InChI is InChI=1S/C15H18N2O/c1-16-10-8-12-5-3-6-13(11-12)14-7-4-9-17-15(14)18-2/h3-7,9,11,16H,8,10H2,1-2H3. The maximum Gasteiger partial charge on any atom is 0.221 e. The molecular formula is C15H18N2O. The molecule has 2 rings (SSSR count). The van der Waals surface area contributed by atoms with Crippen LogP contribution in [0, 0.1) is 0 Å². The van der Waals surface area contributed by atoms with Crippen LogP contribution in [0.25, 0.3) is 11.1 Å². The molecule has 94 valence electrons. The predicted molar refractivity (Wildman–Crippen MR) is 73.9 cm³/mol. The molecule has 0 spiro atoms. The van der Waals surface area contributed by atoms with Gasteiger partial charge in [0.15, 0.2) is 0 Å². The molecule has 0 radical (unpaired) electrons. The molecular weight excluding hydrogens is 224 g/mol. The van der Waals surface area contributed by atoms with Crippen molar-refractivity contribution < 1.29 is 4.74 Å². The molecule has 1 N–H and O–H groups in total. The maximum absolute atomic E-state index is 5.30. The van der Waals surface area contributed by atoms with Crippen molar-refractivity contribution in [1.82, 2.24) is 10.3 Å². The summed E-state index contributed by atoms with van der Waals surface area (Å²) in [5.74, 6) is 0.670. The van der Waals surface area contributed by atoms with E-state index in [0.717, 1.165) is 24.1 Å². The second-order valence-corrected chi connectivity index (χ2v) is 4.11. The van der Waals surface area contributed by atoms with Crippen molar-refractivity contribution in [3.63, 3.8) is 0 Å². The van der Waals surface area contributed by atoms with E-state index in [2.05, 4.69) is 34.6 Å². The summed E-state index contributed by atoms with van der Waals surface area (Å²) in [6.45, 7) is 0.980. The largest absolute Gasteiger partial charge is 0.481 e. The van der Waals surface area contributed by atoms with Crippen LogP contribution in [0.2, 0.25) is 0 Å². The quantitative estimate of drug-likeness (QED) is 0.874. The smallest absolute Gasteiger partial charge is 0.221 e. The van der Waals surface area contributed by atoms with Crippen LogP contribution < -0.4 is 10.1 Å². The summed E-state index contributed by atoms with van der Waals surface area (Å²) in [6, 6.07) is 12.5. The Hall–Kier alpha value is -1.87. The van der Waals surface area contributed by atoms with Crippen LogP contribution in [-0.4, -0.2) is 25.7 Å². The summed E-state index contributed by atoms with van der Waals surface area (Å²) in [6.07, 6.45) is 2.76. The number of hydrogen-bond acceptors (Lipinski definition) is 3. The second kappa shape index (κ2) is 6.17. The number of nitrogens with zero attached hydrogens (tertiary/aromatic N) is 1. The Morgan fingerprint density at radius 2 is 2.11 bits per heavy atom. The lowest BCUT2D eigenvalue weighted by atomic mass is 10.0. The van der Waals surface area contributed by atoms with Gasteiger partial charge < -0.3 is 10.1 Å². The van der Waals surface area contributed by atoms with Crippen LogP contribution in [0.5, 0.6) is 5.88 Å². The molecule has 1 aromatic carbocycles. The highest BCUT2D eigenvalue weighted by Gasteiger charge is 2.06. The average molecular weight is 242 g/mol. The lowest BCUT2D eigenvalue weighted by Crippen LogP contribution is -2.10. The van der Waals surface area contributed by atoms with Gasteiger partial charge in [-0.05, 0) is 43.3 Å². The van der Waals surface area contributed by atoms with Gasteiger partial charge in [0.05, 0.1) is 7.11 Å². The molecule has 0 bridgehead atoms. The third-order valence-electron chi connectivity index (χ3n) is 2.87. The molecule has 2 aromatic rings. The van der Waals surface area contributed by atoms with Gasteiger partial charge in [-0.1, -0.05) is 24.3 Å². The number of methoxy groups -OCH3 is 1. The lowest BCUT2D eigenvalue weighted by molar-refractivity contribution is 0.399. The van der Waals surface area contributed by atoms with E-state index in [0.29, 0.717) is 5.88 Å². The molecule has 3 heteroatoms. The first-order chi connectivity index (χ1) is 8.85. The molecule has 0 unspecified atom stereocenters. The Bertz CT molecular complexity index is 511. The minimum absolute atomic E-state index is 0.670. The Morgan fingerprint density at radius 1 is 1.22 bits per heavy atom. The fraction of sp³-hybridized carbons (Fsp3) is 0.267. The van der Waals surface area contributed by atoms with Crippen LogP contribution in [0.15, 0.2) is 42.6 Å². The lowest BCUT2D eigenvalue weighted by Gasteiger charge is -2.08. The molecule has 0 atom stereocenters. The van der Waals surface area contributed by atoms with E-state index in [4.69, 9.17) is 4.74 Å². The van der Waals surface area contributed by atoms with Crippen molar-refractivity contribution in [2.45, 2.75) is 6.42 Å². The number of likely N-dealkylation sites (N-methyl/N-ethyl adjacent to an activating group) is 1. The molecule has 1 heterocycles. The Labute approximate surface area is 108 Å². The zero-order valence-corrected chi connectivity index (χ0v) is 10.8. The Balaban J connectivity index is 2.32. The fourth-order valence-corrected chi connectivity index (χ4v) is 1.94. The molecule has 3 nitrogen and oxygen atoms in total. The van der Waals surface area contributed by atoms with E-state index in [1.54, 1.807) is 13.3 Å². The number of benzene rings is 1. The van der Waals surface area contributed by atoms with Crippen molar-refractivity contribution >= 4 is 0 Å². The molecule has 0 aliphatic heterocycles. The number of ether oxygens (including phenoxy) is 1. The molecule has 0 saturated carbocycles. The number of hydrogen-bond donors (Lipinski definition) is 1. The molecule has 18 heavy (non-hydrogen) atoms. The minimum Gasteiger partial charge on any atom is -0.481 e. The van der Waals surface area contributed by atoms with E-state index < -0.39 is 0 Å². The van der Waals surface area contributed by atoms with Gasteiger partial charge in [-0.25, -0.2) is 4.98 Å². The summed E-state index contributed by atoms with van der Waals surface area (Å²) >= 11 is 0. The topological polar surface area (TPSA) is 34.2 Å². The van der Waals surface area contributed by atoms with Crippen molar-refractivity contribution in [3.8, 4) is 17.0 Å². The van der Waals surface area contributed by atoms with Gasteiger partial charge in [-0.3, -0.25) is 0 Å². The Morgan fingerprint density at radius 3 is 2.89 bits per heavy atom. The van der Waals surface area contributed by atoms with Gasteiger partial charge in [-0.15, -0.1) is 0 Å². The highest BCUT2D eigenvalue weighted by Crippen LogP contribution is 2.27. The first-order valence-electron chi connectivity index (χ1n) is 6.08. The van der Waals surface area contributed by atoms with Gasteiger partial charge in [0.2, 0.25) is 5.88 Å². The van der Waals surface area contributed by atoms with Crippen LogP contribution >= 0.6 is 0 Å². The fourth-order valence-electron chi connectivity index (χ4n) is 1.94. The SMILES string of the molecule is CNCCc1cccc(-c2cccnc2OC)c1. The second-order valence-electron chi connectivity index (χ2n) is 4.11. The van der Waals surface area contributed by atoms with Crippen LogP contribution in [0.1, 0.15) is 5.56 Å². The van der Waals surface area contributed by atoms with E-state index in [1.807, 2.05) is 19.2 Å². The minimum atomic E-state index is 0.670. The van der Waals surface area contributed by atoms with Crippen molar-refractivity contribution in [2.24, 2.45) is 0 Å². The molecule has 0 aliphatic carbocycles. The van der Waals surface area contributed by atoms with Gasteiger partial charge >= 0.3 is 0 Å². The van der Waals surface area contributed by atoms with Gasteiger partial charge in [0.25, 0.3) is 0 Å². The first-order valence-corrected chi connectivity index (χ1v) is 6.08. The predicted octanol–water partition coefficient (Wildman–Crippen LogP) is 2.52. The monoisotopic (exact) mass is 242 g/mol. The maximum atomic E-state index is 5.30. The normalized spacial score (nSPS) is 10.3. The van der Waals surface area contributed by atoms with E-state index >= 15 is 0 Å². The van der Waals surface area contributed by atoms with Gasteiger partial charge in [0.1, 0.15) is 0 Å². The third kappa shape index (κ3) is 2.87. The first kappa shape index (κ1) is 12.6. The van der Waals surface area contributed by atoms with Crippen LogP contribution in [-0.2, 0) is 6.42 Å². The van der Waals surface area contributed by atoms with Crippen molar-refractivity contribution in [3.05, 3.63) is 48.2 Å². The zero-order valence-electron chi connectivity index (χ0n) is 10.8. The van der Waals surface area contributed by atoms with Crippen molar-refractivity contribution in [1.29, 1.82) is 0 Å². The molecule has 1 aromatic heterocycles. The third-order valence-corrected chi connectivity index (χ3v) is 2.87. The number of rotatable bonds is 5. The van der Waals surface area contributed by atoms with E-state index in [1.165, 1.54) is 5.56 Å². The average Bonchev–Trinajstić information content (AvgIpc) is 2.45. The summed E-state index contributed by atoms with van der Waals surface area (Å²) in [4.78, 5) is 4.23. The molecule has 0 saturated heterocycles. The van der Waals surface area contributed by atoms with Gasteiger partial charge in [0, 0.05) is 11.8 Å². The Kier molecular flexibility index (Phi) is 4.31. The van der Waals surface area contributed by atoms with Crippen molar-refractivity contribution in [2.75, 3.05) is 20.7 Å². The summed E-state index contributed by atoms with van der Waals surface area (Å²) in [5, 5.41) is 3.16. The van der Waals surface area contributed by atoms with Gasteiger partial charge in [-0.2, -0.15) is 0 Å². The summed E-state index contributed by atoms with van der Waals surface area (Å²) in [7, 11) is 3.62. The summed E-state index contributed by atoms with van der Waals surface area (Å²) < 4.78 is 5.30. The molecule has 0 aliphatic rings. The number of pyridine rings is 1. The van der Waals surface area contributed by atoms with Crippen LogP contribution in [0.4, 0.5) is 0 Å².